The van der Waals surface area contributed by atoms with Crippen LogP contribution in [0.15, 0.2) is 30.6 Å². The fraction of sp³-hybridized carbons (Fsp3) is 0.565. The Hall–Kier alpha value is -2.47. The number of nitrogens with zero attached hydrogens (tertiary/aromatic N) is 4. The largest absolute Gasteiger partial charge is 0.416 e. The second kappa shape index (κ2) is 9.53. The van der Waals surface area contributed by atoms with Crippen molar-refractivity contribution >= 4 is 21.7 Å². The van der Waals surface area contributed by atoms with Gasteiger partial charge in [0, 0.05) is 32.2 Å². The van der Waals surface area contributed by atoms with Gasteiger partial charge in [-0.15, -0.1) is 0 Å². The first-order chi connectivity index (χ1) is 16.4. The standard InChI is InChI=1S/C23H29F4N5O2S/c1-22(9-11-31(12-10-22)35(2,33)34)14-28-20-19(24)21(30-15-29-20)32(18-7-8-18)13-16-3-5-17(6-4-16)23(25,26)27/h3-6,15,18H,7-14H2,1-2H3,(H,28,29,30). The van der Waals surface area contributed by atoms with E-state index in [9.17, 15) is 21.6 Å². The number of benzene rings is 1. The first-order valence-electron chi connectivity index (χ1n) is 11.5. The summed E-state index contributed by atoms with van der Waals surface area (Å²) in [5, 5.41) is 3.07. The van der Waals surface area contributed by atoms with Gasteiger partial charge < -0.3 is 10.2 Å². The Morgan fingerprint density at radius 3 is 2.31 bits per heavy atom. The molecule has 35 heavy (non-hydrogen) atoms. The maximum atomic E-state index is 15.5. The molecule has 2 fully saturated rings. The lowest BCUT2D eigenvalue weighted by atomic mass is 9.81. The van der Waals surface area contributed by atoms with Crippen molar-refractivity contribution in [2.75, 3.05) is 36.1 Å². The Balaban J connectivity index is 1.45. The molecule has 1 aliphatic carbocycles. The molecule has 1 aliphatic heterocycles. The van der Waals surface area contributed by atoms with Crippen molar-refractivity contribution in [2.45, 2.75) is 51.4 Å². The van der Waals surface area contributed by atoms with Crippen molar-refractivity contribution in [3.63, 3.8) is 0 Å². The van der Waals surface area contributed by atoms with E-state index in [2.05, 4.69) is 15.3 Å². The lowest BCUT2D eigenvalue weighted by Gasteiger charge is -2.38. The number of anilines is 2. The molecular formula is C23H29F4N5O2S. The summed E-state index contributed by atoms with van der Waals surface area (Å²) in [6, 6.07) is 4.92. The summed E-state index contributed by atoms with van der Waals surface area (Å²) < 4.78 is 79.1. The first-order valence-corrected chi connectivity index (χ1v) is 13.3. The SMILES string of the molecule is CC1(CNc2ncnc(N(Cc3ccc(C(F)(F)F)cc3)C3CC3)c2F)CCN(S(C)(=O)=O)CC1. The number of halogens is 4. The highest BCUT2D eigenvalue weighted by Crippen LogP contribution is 2.36. The van der Waals surface area contributed by atoms with Gasteiger partial charge in [0.05, 0.1) is 11.8 Å². The van der Waals surface area contributed by atoms with Crippen LogP contribution in [0.5, 0.6) is 0 Å². The maximum absolute atomic E-state index is 15.5. The van der Waals surface area contributed by atoms with Crippen LogP contribution >= 0.6 is 0 Å². The Labute approximate surface area is 202 Å². The van der Waals surface area contributed by atoms with Gasteiger partial charge in [-0.3, -0.25) is 0 Å². The molecule has 0 radical (unpaired) electrons. The summed E-state index contributed by atoms with van der Waals surface area (Å²) in [6.45, 7) is 3.50. The predicted octanol–water partition coefficient (Wildman–Crippen LogP) is 4.28. The number of nitrogens with one attached hydrogen (secondary N) is 1. The van der Waals surface area contributed by atoms with E-state index >= 15 is 4.39 Å². The van der Waals surface area contributed by atoms with E-state index in [1.807, 2.05) is 6.92 Å². The first kappa shape index (κ1) is 25.6. The molecule has 2 aromatic rings. The quantitative estimate of drug-likeness (QED) is 0.529. The van der Waals surface area contributed by atoms with Crippen LogP contribution in [0.4, 0.5) is 29.2 Å². The molecule has 2 aliphatic rings. The monoisotopic (exact) mass is 515 g/mol. The van der Waals surface area contributed by atoms with Gasteiger partial charge in [-0.2, -0.15) is 17.6 Å². The van der Waals surface area contributed by atoms with E-state index in [-0.39, 0.29) is 29.6 Å². The second-order valence-electron chi connectivity index (χ2n) is 9.74. The van der Waals surface area contributed by atoms with E-state index in [0.29, 0.717) is 38.0 Å². The summed E-state index contributed by atoms with van der Waals surface area (Å²) in [6.07, 6.45) is 1.03. The third-order valence-corrected chi connectivity index (χ3v) is 8.05. The van der Waals surface area contributed by atoms with Crippen LogP contribution in [0.25, 0.3) is 0 Å². The summed E-state index contributed by atoms with van der Waals surface area (Å²) in [5.74, 6) is -0.440. The van der Waals surface area contributed by atoms with Gasteiger partial charge in [0.25, 0.3) is 0 Å². The molecule has 0 amide bonds. The average Bonchev–Trinajstić information content (AvgIpc) is 3.62. The summed E-state index contributed by atoms with van der Waals surface area (Å²) >= 11 is 0. The minimum absolute atomic E-state index is 0.0554. The zero-order valence-electron chi connectivity index (χ0n) is 19.6. The fourth-order valence-corrected chi connectivity index (χ4v) is 5.12. The molecule has 12 heteroatoms. The molecular weight excluding hydrogens is 486 g/mol. The molecule has 0 spiro atoms. The van der Waals surface area contributed by atoms with Crippen molar-refractivity contribution < 1.29 is 26.0 Å². The van der Waals surface area contributed by atoms with Crippen LogP contribution < -0.4 is 10.2 Å². The molecule has 0 atom stereocenters. The predicted molar refractivity (Wildman–Crippen MR) is 125 cm³/mol. The molecule has 7 nitrogen and oxygen atoms in total. The Morgan fingerprint density at radius 2 is 1.77 bits per heavy atom. The third-order valence-electron chi connectivity index (χ3n) is 6.75. The van der Waals surface area contributed by atoms with Crippen LogP contribution in [0.3, 0.4) is 0 Å². The summed E-state index contributed by atoms with van der Waals surface area (Å²) in [5.41, 5.74) is -0.327. The van der Waals surface area contributed by atoms with Gasteiger partial charge >= 0.3 is 6.18 Å². The van der Waals surface area contributed by atoms with E-state index in [1.165, 1.54) is 29.0 Å². The average molecular weight is 516 g/mol. The van der Waals surface area contributed by atoms with Crippen molar-refractivity contribution in [3.8, 4) is 0 Å². The fourth-order valence-electron chi connectivity index (χ4n) is 4.27. The number of alkyl halides is 3. The molecule has 1 aromatic carbocycles. The van der Waals surface area contributed by atoms with Crippen LogP contribution in [0.2, 0.25) is 0 Å². The normalized spacial score (nSPS) is 18.9. The van der Waals surface area contributed by atoms with Crippen LogP contribution in [0.1, 0.15) is 43.7 Å². The number of aromatic nitrogens is 2. The number of piperidine rings is 1. The molecule has 1 saturated carbocycles. The number of rotatable bonds is 8. The van der Waals surface area contributed by atoms with Gasteiger partial charge in [-0.05, 0) is 48.8 Å². The molecule has 0 bridgehead atoms. The van der Waals surface area contributed by atoms with Crippen molar-refractivity contribution in [2.24, 2.45) is 5.41 Å². The van der Waals surface area contributed by atoms with Gasteiger partial charge in [0.2, 0.25) is 15.8 Å². The molecule has 192 valence electrons. The smallest absolute Gasteiger partial charge is 0.367 e. The number of sulfonamides is 1. The summed E-state index contributed by atoms with van der Waals surface area (Å²) in [7, 11) is -3.23. The van der Waals surface area contributed by atoms with E-state index in [0.717, 1.165) is 25.0 Å². The van der Waals surface area contributed by atoms with E-state index in [1.54, 1.807) is 4.90 Å². The Kier molecular flexibility index (Phi) is 6.98. The second-order valence-corrected chi connectivity index (χ2v) is 11.7. The molecule has 1 saturated heterocycles. The van der Waals surface area contributed by atoms with Crippen molar-refractivity contribution in [3.05, 3.63) is 47.5 Å². The highest BCUT2D eigenvalue weighted by atomic mass is 32.2. The van der Waals surface area contributed by atoms with Crippen molar-refractivity contribution in [1.82, 2.24) is 14.3 Å². The highest BCUT2D eigenvalue weighted by Gasteiger charge is 2.35. The molecule has 4 rings (SSSR count). The van der Waals surface area contributed by atoms with Crippen molar-refractivity contribution in [1.29, 1.82) is 0 Å². The highest BCUT2D eigenvalue weighted by molar-refractivity contribution is 7.88. The van der Waals surface area contributed by atoms with Crippen LogP contribution in [-0.4, -0.2) is 54.6 Å². The number of hydrogen-bond acceptors (Lipinski definition) is 6. The Bertz CT molecular complexity index is 1150. The minimum Gasteiger partial charge on any atom is -0.367 e. The Morgan fingerprint density at radius 1 is 1.14 bits per heavy atom. The van der Waals surface area contributed by atoms with Crippen LogP contribution in [-0.2, 0) is 22.7 Å². The number of hydrogen-bond donors (Lipinski definition) is 1. The zero-order valence-corrected chi connectivity index (χ0v) is 20.5. The third kappa shape index (κ3) is 6.21. The van der Waals surface area contributed by atoms with Gasteiger partial charge in [0.15, 0.2) is 11.6 Å². The molecule has 1 aromatic heterocycles. The topological polar surface area (TPSA) is 78.4 Å². The molecule has 2 heterocycles. The van der Waals surface area contributed by atoms with Gasteiger partial charge in [0.1, 0.15) is 6.33 Å². The van der Waals surface area contributed by atoms with Gasteiger partial charge in [-0.1, -0.05) is 19.1 Å². The van der Waals surface area contributed by atoms with E-state index in [4.69, 9.17) is 0 Å². The van der Waals surface area contributed by atoms with E-state index < -0.39 is 27.6 Å². The maximum Gasteiger partial charge on any atom is 0.416 e. The van der Waals surface area contributed by atoms with Gasteiger partial charge in [-0.25, -0.2) is 22.7 Å². The molecule has 1 N–H and O–H groups in total. The lowest BCUT2D eigenvalue weighted by Crippen LogP contribution is -2.44. The zero-order chi connectivity index (χ0) is 25.4. The van der Waals surface area contributed by atoms with Crippen LogP contribution in [0, 0.1) is 11.2 Å². The lowest BCUT2D eigenvalue weighted by molar-refractivity contribution is -0.137. The molecule has 0 unspecified atom stereocenters. The summed E-state index contributed by atoms with van der Waals surface area (Å²) in [4.78, 5) is 9.99. The minimum atomic E-state index is -4.41.